The van der Waals surface area contributed by atoms with Crippen molar-refractivity contribution in [3.05, 3.63) is 18.2 Å². The van der Waals surface area contributed by atoms with Gasteiger partial charge in [0.1, 0.15) is 5.52 Å². The summed E-state index contributed by atoms with van der Waals surface area (Å²) in [6.07, 6.45) is 1.95. The lowest BCUT2D eigenvalue weighted by Gasteiger charge is -2.15. The van der Waals surface area contributed by atoms with Crippen LogP contribution in [0.25, 0.3) is 11.0 Å². The largest absolute Gasteiger partial charge is 0.385 e. The number of ether oxygens (including phenoxy) is 1. The van der Waals surface area contributed by atoms with E-state index < -0.39 is 9.84 Å². The Balaban J connectivity index is 2.61. The summed E-state index contributed by atoms with van der Waals surface area (Å²) in [5, 5.41) is 0. The molecule has 1 atom stereocenters. The molecule has 1 unspecified atom stereocenters. The van der Waals surface area contributed by atoms with Gasteiger partial charge in [0.05, 0.1) is 10.4 Å². The molecule has 7 heteroatoms. The zero-order valence-electron chi connectivity index (χ0n) is 11.8. The molecule has 1 aromatic heterocycles. The first-order valence-electron chi connectivity index (χ1n) is 6.31. The van der Waals surface area contributed by atoms with E-state index >= 15 is 0 Å². The van der Waals surface area contributed by atoms with Gasteiger partial charge in [-0.1, -0.05) is 6.07 Å². The van der Waals surface area contributed by atoms with E-state index in [-0.39, 0.29) is 10.9 Å². The van der Waals surface area contributed by atoms with E-state index in [2.05, 4.69) is 4.98 Å². The normalized spacial score (nSPS) is 13.8. The van der Waals surface area contributed by atoms with Crippen LogP contribution < -0.4 is 5.73 Å². The molecule has 0 aliphatic heterocycles. The lowest BCUT2D eigenvalue weighted by atomic mass is 10.2. The number of nitrogen functional groups attached to an aromatic ring is 1. The third-order valence-corrected chi connectivity index (χ3v) is 4.42. The van der Waals surface area contributed by atoms with E-state index in [0.29, 0.717) is 18.1 Å². The predicted octanol–water partition coefficient (Wildman–Crippen LogP) is 1.62. The highest BCUT2D eigenvalue weighted by Gasteiger charge is 2.19. The molecule has 0 aliphatic carbocycles. The van der Waals surface area contributed by atoms with Crippen molar-refractivity contribution in [1.82, 2.24) is 9.55 Å². The number of benzene rings is 1. The molecule has 2 N–H and O–H groups in total. The molecule has 110 valence electrons. The summed E-state index contributed by atoms with van der Waals surface area (Å²) in [6, 6.07) is 5.17. The molecule has 6 nitrogen and oxygen atoms in total. The minimum atomic E-state index is -3.33. The van der Waals surface area contributed by atoms with Gasteiger partial charge in [-0.25, -0.2) is 13.4 Å². The molecule has 2 aromatic rings. The topological polar surface area (TPSA) is 87.2 Å². The third kappa shape index (κ3) is 2.64. The number of hydrogen-bond donors (Lipinski definition) is 1. The summed E-state index contributed by atoms with van der Waals surface area (Å²) in [5.74, 6) is 0.319. The molecule has 0 spiro atoms. The highest BCUT2D eigenvalue weighted by Crippen LogP contribution is 2.28. The molecule has 0 fully saturated rings. The molecule has 0 aliphatic rings. The minimum Gasteiger partial charge on any atom is -0.385 e. The molecule has 0 saturated heterocycles. The Kier molecular flexibility index (Phi) is 4.01. The van der Waals surface area contributed by atoms with Crippen LogP contribution in [0.2, 0.25) is 0 Å². The molecule has 0 amide bonds. The van der Waals surface area contributed by atoms with Gasteiger partial charge in [-0.2, -0.15) is 0 Å². The van der Waals surface area contributed by atoms with E-state index in [0.717, 1.165) is 11.9 Å². The molecular formula is C13H19N3O3S. The van der Waals surface area contributed by atoms with E-state index in [4.69, 9.17) is 10.5 Å². The first-order chi connectivity index (χ1) is 9.36. The number of nitrogens with zero attached hydrogens (tertiary/aromatic N) is 2. The summed E-state index contributed by atoms with van der Waals surface area (Å²) in [5.41, 5.74) is 7.11. The Hall–Kier alpha value is -1.60. The zero-order chi connectivity index (χ0) is 14.9. The second-order valence-electron chi connectivity index (χ2n) is 4.87. The van der Waals surface area contributed by atoms with Crippen LogP contribution in [0.1, 0.15) is 19.4 Å². The highest BCUT2D eigenvalue weighted by molar-refractivity contribution is 7.91. The summed E-state index contributed by atoms with van der Waals surface area (Å²) in [7, 11) is -1.69. The number of rotatable bonds is 5. The van der Waals surface area contributed by atoms with E-state index in [1.54, 1.807) is 19.2 Å². The molecule has 2 rings (SSSR count). The van der Waals surface area contributed by atoms with Gasteiger partial charge in [-0.05, 0) is 25.5 Å². The van der Waals surface area contributed by atoms with Crippen molar-refractivity contribution >= 4 is 26.8 Å². The van der Waals surface area contributed by atoms with Crippen LogP contribution >= 0.6 is 0 Å². The lowest BCUT2D eigenvalue weighted by molar-refractivity contribution is 0.182. The molecule has 1 heterocycles. The van der Waals surface area contributed by atoms with Crippen LogP contribution in [-0.4, -0.2) is 37.9 Å². The number of fused-ring (bicyclic) bond motifs is 1. The molecule has 1 aromatic carbocycles. The average Bonchev–Trinajstić information content (AvgIpc) is 2.70. The summed E-state index contributed by atoms with van der Waals surface area (Å²) >= 11 is 0. The first kappa shape index (κ1) is 14.8. The number of methoxy groups -OCH3 is 1. The Morgan fingerprint density at radius 3 is 2.75 bits per heavy atom. The van der Waals surface area contributed by atoms with Gasteiger partial charge in [-0.3, -0.25) is 0 Å². The van der Waals surface area contributed by atoms with Crippen LogP contribution in [0, 0.1) is 0 Å². The van der Waals surface area contributed by atoms with Crippen LogP contribution in [0.3, 0.4) is 0 Å². The van der Waals surface area contributed by atoms with Crippen molar-refractivity contribution in [3.63, 3.8) is 0 Å². The smallest absolute Gasteiger partial charge is 0.201 e. The van der Waals surface area contributed by atoms with Gasteiger partial charge in [0.2, 0.25) is 5.95 Å². The maximum absolute atomic E-state index is 11.8. The number of anilines is 1. The molecule has 0 saturated carbocycles. The van der Waals surface area contributed by atoms with Crippen molar-refractivity contribution in [2.75, 3.05) is 25.7 Å². The third-order valence-electron chi connectivity index (χ3n) is 3.29. The minimum absolute atomic E-state index is 0.0785. The Labute approximate surface area is 118 Å². The number of nitrogens with two attached hydrogens (primary N) is 1. The van der Waals surface area contributed by atoms with E-state index in [1.807, 2.05) is 17.6 Å². The molecule has 0 radical (unpaired) electrons. The first-order valence-corrected chi connectivity index (χ1v) is 8.20. The zero-order valence-corrected chi connectivity index (χ0v) is 12.6. The Bertz CT molecular complexity index is 722. The van der Waals surface area contributed by atoms with Gasteiger partial charge < -0.3 is 15.0 Å². The van der Waals surface area contributed by atoms with Crippen LogP contribution in [0.15, 0.2) is 23.1 Å². The standard InChI is InChI=1S/C13H19N3O3S/c1-9(7-8-19-2)16-10-5-4-6-11(20(3,17)18)12(10)15-13(16)14/h4-6,9H,7-8H2,1-3H3,(H2,14,15). The van der Waals surface area contributed by atoms with Crippen molar-refractivity contribution in [2.45, 2.75) is 24.3 Å². The number of para-hydroxylation sites is 1. The lowest BCUT2D eigenvalue weighted by Crippen LogP contribution is -2.10. The number of hydrogen-bond acceptors (Lipinski definition) is 5. The van der Waals surface area contributed by atoms with E-state index in [9.17, 15) is 8.42 Å². The Morgan fingerprint density at radius 1 is 1.45 bits per heavy atom. The van der Waals surface area contributed by atoms with Gasteiger partial charge in [-0.15, -0.1) is 0 Å². The fraction of sp³-hybridized carbons (Fsp3) is 0.462. The average molecular weight is 297 g/mol. The molecular weight excluding hydrogens is 278 g/mol. The van der Waals surface area contributed by atoms with Crippen molar-refractivity contribution in [1.29, 1.82) is 0 Å². The highest BCUT2D eigenvalue weighted by atomic mass is 32.2. The summed E-state index contributed by atoms with van der Waals surface area (Å²) in [4.78, 5) is 4.44. The van der Waals surface area contributed by atoms with E-state index in [1.165, 1.54) is 6.26 Å². The van der Waals surface area contributed by atoms with Crippen molar-refractivity contribution in [3.8, 4) is 0 Å². The Morgan fingerprint density at radius 2 is 2.15 bits per heavy atom. The van der Waals surface area contributed by atoms with Crippen LogP contribution in [0.5, 0.6) is 0 Å². The molecule has 0 bridgehead atoms. The van der Waals surface area contributed by atoms with Crippen molar-refractivity contribution < 1.29 is 13.2 Å². The molecule has 20 heavy (non-hydrogen) atoms. The maximum atomic E-state index is 11.8. The van der Waals surface area contributed by atoms with Gasteiger partial charge in [0, 0.05) is 26.0 Å². The number of imidazole rings is 1. The number of sulfone groups is 1. The summed E-state index contributed by atoms with van der Waals surface area (Å²) < 4.78 is 30.5. The predicted molar refractivity (Wildman–Crippen MR) is 78.5 cm³/mol. The fourth-order valence-electron chi connectivity index (χ4n) is 2.29. The second kappa shape index (κ2) is 5.41. The fourth-order valence-corrected chi connectivity index (χ4v) is 3.12. The summed E-state index contributed by atoms with van der Waals surface area (Å²) in [6.45, 7) is 2.61. The van der Waals surface area contributed by atoms with Gasteiger partial charge in [0.25, 0.3) is 0 Å². The van der Waals surface area contributed by atoms with Gasteiger partial charge in [0.15, 0.2) is 9.84 Å². The van der Waals surface area contributed by atoms with Crippen LogP contribution in [-0.2, 0) is 14.6 Å². The van der Waals surface area contributed by atoms with Gasteiger partial charge >= 0.3 is 0 Å². The second-order valence-corrected chi connectivity index (χ2v) is 6.85. The number of aromatic nitrogens is 2. The van der Waals surface area contributed by atoms with Crippen LogP contribution in [0.4, 0.5) is 5.95 Å². The maximum Gasteiger partial charge on any atom is 0.201 e. The quantitative estimate of drug-likeness (QED) is 0.906. The van der Waals surface area contributed by atoms with Crippen molar-refractivity contribution in [2.24, 2.45) is 0 Å². The monoisotopic (exact) mass is 297 g/mol. The SMILES string of the molecule is COCCC(C)n1c(N)nc2c(S(C)(=O)=O)cccc21.